The van der Waals surface area contributed by atoms with Crippen LogP contribution >= 0.6 is 11.8 Å². The van der Waals surface area contributed by atoms with Gasteiger partial charge in [0.15, 0.2) is 5.16 Å². The Morgan fingerprint density at radius 1 is 1.43 bits per heavy atom. The summed E-state index contributed by atoms with van der Waals surface area (Å²) in [5.74, 6) is 1.54. The first kappa shape index (κ1) is 16.2. The highest BCUT2D eigenvalue weighted by Gasteiger charge is 2.22. The number of anilines is 1. The zero-order valence-electron chi connectivity index (χ0n) is 13.3. The van der Waals surface area contributed by atoms with Gasteiger partial charge in [-0.2, -0.15) is 0 Å². The number of rotatable bonds is 6. The van der Waals surface area contributed by atoms with E-state index in [9.17, 15) is 0 Å². The third kappa shape index (κ3) is 4.20. The van der Waals surface area contributed by atoms with E-state index in [4.69, 9.17) is 5.11 Å². The monoisotopic (exact) mass is 334 g/mol. The molecule has 0 amide bonds. The van der Waals surface area contributed by atoms with Crippen LogP contribution in [-0.2, 0) is 13.0 Å². The van der Waals surface area contributed by atoms with Gasteiger partial charge in [0.1, 0.15) is 5.82 Å². The van der Waals surface area contributed by atoms with Gasteiger partial charge in [0.05, 0.1) is 5.69 Å². The summed E-state index contributed by atoms with van der Waals surface area (Å²) in [7, 11) is 0. The number of thioether (sulfide) groups is 1. The topological polar surface area (TPSA) is 80.0 Å². The molecule has 0 aliphatic carbocycles. The number of aliphatic hydroxyl groups excluding tert-OH is 1. The molecule has 3 heterocycles. The maximum absolute atomic E-state index is 8.96. The minimum absolute atomic E-state index is 0.112. The number of hydrogen-bond donors (Lipinski definition) is 1. The first-order valence-corrected chi connectivity index (χ1v) is 9.13. The van der Waals surface area contributed by atoms with Crippen LogP contribution in [0.5, 0.6) is 0 Å². The van der Waals surface area contributed by atoms with Gasteiger partial charge in [-0.3, -0.25) is 4.68 Å². The zero-order valence-corrected chi connectivity index (χ0v) is 14.1. The molecule has 0 saturated carbocycles. The van der Waals surface area contributed by atoms with Crippen LogP contribution in [0.1, 0.15) is 18.5 Å². The van der Waals surface area contributed by atoms with Gasteiger partial charge in [0.2, 0.25) is 0 Å². The molecule has 7 nitrogen and oxygen atoms in total. The summed E-state index contributed by atoms with van der Waals surface area (Å²) < 4.78 is 1.90. The van der Waals surface area contributed by atoms with Crippen LogP contribution in [0.4, 0.5) is 5.82 Å². The minimum atomic E-state index is 0.112. The van der Waals surface area contributed by atoms with Gasteiger partial charge in [-0.25, -0.2) is 9.97 Å². The van der Waals surface area contributed by atoms with Crippen molar-refractivity contribution >= 4 is 17.6 Å². The summed E-state index contributed by atoms with van der Waals surface area (Å²) in [6.45, 7) is 2.98. The quantitative estimate of drug-likeness (QED) is 0.629. The van der Waals surface area contributed by atoms with Gasteiger partial charge in [-0.15, -0.1) is 5.10 Å². The SMILES string of the molecule is CSc1nccc(N2CCC[C@@H](Cn3cc(CCO)nn3)C2)n1. The Morgan fingerprint density at radius 3 is 3.17 bits per heavy atom. The molecule has 2 aromatic rings. The Hall–Kier alpha value is -1.67. The van der Waals surface area contributed by atoms with Gasteiger partial charge in [-0.05, 0) is 31.1 Å². The fourth-order valence-corrected chi connectivity index (χ4v) is 3.30. The van der Waals surface area contributed by atoms with Crippen molar-refractivity contribution in [1.82, 2.24) is 25.0 Å². The molecule has 124 valence electrons. The number of aromatic nitrogens is 5. The van der Waals surface area contributed by atoms with Gasteiger partial charge in [0.25, 0.3) is 0 Å². The number of piperidine rings is 1. The molecule has 0 spiro atoms. The first-order chi connectivity index (χ1) is 11.3. The molecule has 1 aliphatic rings. The van der Waals surface area contributed by atoms with Crippen molar-refractivity contribution < 1.29 is 5.11 Å². The molecule has 1 aliphatic heterocycles. The summed E-state index contributed by atoms with van der Waals surface area (Å²) in [6, 6.07) is 1.98. The summed E-state index contributed by atoms with van der Waals surface area (Å²) in [4.78, 5) is 11.2. The van der Waals surface area contributed by atoms with Crippen molar-refractivity contribution in [3.05, 3.63) is 24.2 Å². The maximum Gasteiger partial charge on any atom is 0.189 e. The van der Waals surface area contributed by atoms with E-state index < -0.39 is 0 Å². The predicted molar refractivity (Wildman–Crippen MR) is 89.6 cm³/mol. The Kier molecular flexibility index (Phi) is 5.45. The van der Waals surface area contributed by atoms with Gasteiger partial charge in [-0.1, -0.05) is 17.0 Å². The second-order valence-electron chi connectivity index (χ2n) is 5.76. The molecule has 1 saturated heterocycles. The van der Waals surface area contributed by atoms with Crippen molar-refractivity contribution in [3.63, 3.8) is 0 Å². The Bertz CT molecular complexity index is 634. The summed E-state index contributed by atoms with van der Waals surface area (Å²) in [6.07, 6.45) is 8.66. The van der Waals surface area contributed by atoms with Crippen molar-refractivity contribution in [1.29, 1.82) is 0 Å². The van der Waals surface area contributed by atoms with E-state index in [1.165, 1.54) is 6.42 Å². The molecule has 0 aromatic carbocycles. The molecule has 1 N–H and O–H groups in total. The van der Waals surface area contributed by atoms with Crippen LogP contribution in [-0.4, -0.2) is 56.0 Å². The molecule has 3 rings (SSSR count). The van der Waals surface area contributed by atoms with Crippen LogP contribution < -0.4 is 4.90 Å². The van der Waals surface area contributed by atoms with Crippen LogP contribution in [0.2, 0.25) is 0 Å². The molecule has 1 atom stereocenters. The Morgan fingerprint density at radius 2 is 2.35 bits per heavy atom. The van der Waals surface area contributed by atoms with E-state index >= 15 is 0 Å². The Balaban J connectivity index is 1.63. The van der Waals surface area contributed by atoms with Gasteiger partial charge in [0, 0.05) is 45.1 Å². The highest BCUT2D eigenvalue weighted by molar-refractivity contribution is 7.98. The average Bonchev–Trinajstić information content (AvgIpc) is 3.02. The lowest BCUT2D eigenvalue weighted by Crippen LogP contribution is -2.37. The third-order valence-electron chi connectivity index (χ3n) is 4.04. The normalized spacial score (nSPS) is 18.3. The van der Waals surface area contributed by atoms with E-state index in [2.05, 4.69) is 25.2 Å². The summed E-state index contributed by atoms with van der Waals surface area (Å²) in [5, 5.41) is 18.0. The van der Waals surface area contributed by atoms with E-state index in [-0.39, 0.29) is 6.61 Å². The van der Waals surface area contributed by atoms with Crippen LogP contribution in [0, 0.1) is 5.92 Å². The van der Waals surface area contributed by atoms with Crippen LogP contribution in [0.3, 0.4) is 0 Å². The molecule has 23 heavy (non-hydrogen) atoms. The van der Waals surface area contributed by atoms with Crippen molar-refractivity contribution in [2.75, 3.05) is 30.9 Å². The molecule has 8 heteroatoms. The lowest BCUT2D eigenvalue weighted by molar-refractivity contribution is 0.298. The maximum atomic E-state index is 8.96. The average molecular weight is 334 g/mol. The minimum Gasteiger partial charge on any atom is -0.396 e. The molecular weight excluding hydrogens is 312 g/mol. The fourth-order valence-electron chi connectivity index (χ4n) is 2.95. The number of aliphatic hydroxyl groups is 1. The third-order valence-corrected chi connectivity index (χ3v) is 4.61. The lowest BCUT2D eigenvalue weighted by atomic mass is 9.98. The number of hydrogen-bond acceptors (Lipinski definition) is 7. The van der Waals surface area contributed by atoms with E-state index in [0.717, 1.165) is 42.7 Å². The highest BCUT2D eigenvalue weighted by atomic mass is 32.2. The van der Waals surface area contributed by atoms with Crippen LogP contribution in [0.15, 0.2) is 23.6 Å². The van der Waals surface area contributed by atoms with E-state index in [0.29, 0.717) is 12.3 Å². The molecule has 2 aromatic heterocycles. The van der Waals surface area contributed by atoms with Crippen molar-refractivity contribution in [2.24, 2.45) is 5.92 Å². The fraction of sp³-hybridized carbons (Fsp3) is 0.600. The first-order valence-electron chi connectivity index (χ1n) is 7.90. The van der Waals surface area contributed by atoms with Gasteiger partial charge >= 0.3 is 0 Å². The van der Waals surface area contributed by atoms with E-state index in [1.807, 2.05) is 29.4 Å². The van der Waals surface area contributed by atoms with Gasteiger partial charge < -0.3 is 10.0 Å². The van der Waals surface area contributed by atoms with Crippen molar-refractivity contribution in [2.45, 2.75) is 31.0 Å². The lowest BCUT2D eigenvalue weighted by Gasteiger charge is -2.33. The summed E-state index contributed by atoms with van der Waals surface area (Å²) in [5.41, 5.74) is 0.848. The molecule has 0 bridgehead atoms. The summed E-state index contributed by atoms with van der Waals surface area (Å²) >= 11 is 1.57. The van der Waals surface area contributed by atoms with E-state index in [1.54, 1.807) is 11.8 Å². The molecule has 1 fully saturated rings. The second kappa shape index (κ2) is 7.74. The largest absolute Gasteiger partial charge is 0.396 e. The number of nitrogens with zero attached hydrogens (tertiary/aromatic N) is 6. The van der Waals surface area contributed by atoms with Crippen LogP contribution in [0.25, 0.3) is 0 Å². The second-order valence-corrected chi connectivity index (χ2v) is 6.53. The Labute approximate surface area is 140 Å². The smallest absolute Gasteiger partial charge is 0.189 e. The predicted octanol–water partition coefficient (Wildman–Crippen LogP) is 1.24. The molecular formula is C15H22N6OS. The molecule has 0 radical (unpaired) electrons. The zero-order chi connectivity index (χ0) is 16.1. The van der Waals surface area contributed by atoms with Crippen molar-refractivity contribution in [3.8, 4) is 0 Å². The standard InChI is InChI=1S/C15H22N6OS/c1-23-15-16-6-4-14(17-15)20-7-2-3-12(9-20)10-21-11-13(5-8-22)18-19-21/h4,6,11-12,22H,2-3,5,7-10H2,1H3/t12-/m1/s1. The highest BCUT2D eigenvalue weighted by Crippen LogP contribution is 2.23. The molecule has 0 unspecified atom stereocenters.